The Balaban J connectivity index is 1.92. The highest BCUT2D eigenvalue weighted by atomic mass is 16.6. The fourth-order valence-electron chi connectivity index (χ4n) is 1.84. The minimum Gasteiger partial charge on any atom is -0.444 e. The Morgan fingerprint density at radius 1 is 1.35 bits per heavy atom. The number of carbonyl (C=O) groups excluding carboxylic acids is 1. The van der Waals surface area contributed by atoms with Gasteiger partial charge in [-0.05, 0) is 27.2 Å². The molecule has 1 aliphatic heterocycles. The predicted molar refractivity (Wildman–Crippen MR) is 61.5 cm³/mol. The van der Waals surface area contributed by atoms with Gasteiger partial charge >= 0.3 is 6.09 Å². The molecule has 0 saturated carbocycles. The molecule has 17 heavy (non-hydrogen) atoms. The average Bonchev–Trinajstić information content (AvgIpc) is 2.86. The Labute approximate surface area is 101 Å². The average molecular weight is 238 g/mol. The molecule has 1 unspecified atom stereocenters. The van der Waals surface area contributed by atoms with Crippen LogP contribution in [0.15, 0.2) is 12.4 Å². The molecule has 1 aromatic heterocycles. The number of hydrogen-bond donors (Lipinski definition) is 0. The Bertz CT molecular complexity index is 383. The molecule has 1 aromatic rings. The van der Waals surface area contributed by atoms with Crippen LogP contribution in [0.25, 0.3) is 0 Å². The van der Waals surface area contributed by atoms with Gasteiger partial charge in [-0.3, -0.25) is 0 Å². The van der Waals surface area contributed by atoms with Crippen LogP contribution in [0.2, 0.25) is 0 Å². The highest BCUT2D eigenvalue weighted by Gasteiger charge is 2.31. The van der Waals surface area contributed by atoms with Crippen LogP contribution in [0.1, 0.15) is 33.2 Å². The maximum atomic E-state index is 11.8. The highest BCUT2D eigenvalue weighted by molar-refractivity contribution is 5.68. The summed E-state index contributed by atoms with van der Waals surface area (Å²) in [5.74, 6) is 0. The molecular weight excluding hydrogens is 220 g/mol. The van der Waals surface area contributed by atoms with Gasteiger partial charge in [0.1, 0.15) is 5.60 Å². The van der Waals surface area contributed by atoms with E-state index < -0.39 is 5.60 Å². The molecular formula is C11H18N4O2. The summed E-state index contributed by atoms with van der Waals surface area (Å²) in [6.07, 6.45) is 3.91. The van der Waals surface area contributed by atoms with Crippen molar-refractivity contribution in [2.75, 3.05) is 13.1 Å². The molecule has 6 heteroatoms. The van der Waals surface area contributed by atoms with Crippen LogP contribution in [0.3, 0.4) is 0 Å². The van der Waals surface area contributed by atoms with Crippen molar-refractivity contribution in [1.29, 1.82) is 0 Å². The van der Waals surface area contributed by atoms with E-state index in [2.05, 4.69) is 10.2 Å². The van der Waals surface area contributed by atoms with Gasteiger partial charge in [-0.2, -0.15) is 15.0 Å². The van der Waals surface area contributed by atoms with Gasteiger partial charge in [0.05, 0.1) is 18.4 Å². The molecule has 2 rings (SSSR count). The third-order valence-electron chi connectivity index (χ3n) is 2.58. The lowest BCUT2D eigenvalue weighted by atomic mass is 10.2. The van der Waals surface area contributed by atoms with Crippen molar-refractivity contribution >= 4 is 6.09 Å². The number of hydrogen-bond acceptors (Lipinski definition) is 4. The van der Waals surface area contributed by atoms with Crippen molar-refractivity contribution in [3.63, 3.8) is 0 Å². The first kappa shape index (κ1) is 11.9. The summed E-state index contributed by atoms with van der Waals surface area (Å²) >= 11 is 0. The first-order valence-electron chi connectivity index (χ1n) is 5.79. The smallest absolute Gasteiger partial charge is 0.410 e. The number of aromatic nitrogens is 3. The molecule has 0 aromatic carbocycles. The second-order valence-corrected chi connectivity index (χ2v) is 5.22. The van der Waals surface area contributed by atoms with Crippen LogP contribution < -0.4 is 0 Å². The number of likely N-dealkylation sites (tertiary alicyclic amines) is 1. The molecule has 1 saturated heterocycles. The van der Waals surface area contributed by atoms with Gasteiger partial charge in [0.25, 0.3) is 0 Å². The van der Waals surface area contributed by atoms with E-state index in [1.807, 2.05) is 20.8 Å². The summed E-state index contributed by atoms with van der Waals surface area (Å²) in [4.78, 5) is 15.2. The van der Waals surface area contributed by atoms with Gasteiger partial charge in [0.2, 0.25) is 0 Å². The molecule has 0 spiro atoms. The molecule has 1 fully saturated rings. The van der Waals surface area contributed by atoms with Crippen LogP contribution >= 0.6 is 0 Å². The number of carbonyl (C=O) groups is 1. The summed E-state index contributed by atoms with van der Waals surface area (Å²) in [5, 5.41) is 8.19. The zero-order valence-corrected chi connectivity index (χ0v) is 10.5. The molecule has 2 heterocycles. The maximum absolute atomic E-state index is 11.8. The van der Waals surface area contributed by atoms with Crippen LogP contribution in [0, 0.1) is 0 Å². The van der Waals surface area contributed by atoms with Crippen LogP contribution in [-0.2, 0) is 4.74 Å². The van der Waals surface area contributed by atoms with Gasteiger partial charge in [-0.1, -0.05) is 0 Å². The van der Waals surface area contributed by atoms with Crippen LogP contribution in [0.4, 0.5) is 4.79 Å². The van der Waals surface area contributed by atoms with Crippen LogP contribution in [-0.4, -0.2) is 44.7 Å². The van der Waals surface area contributed by atoms with E-state index in [0.717, 1.165) is 6.42 Å². The predicted octanol–water partition coefficient (Wildman–Crippen LogP) is 1.46. The fourth-order valence-corrected chi connectivity index (χ4v) is 1.84. The number of rotatable bonds is 1. The monoisotopic (exact) mass is 238 g/mol. The van der Waals surface area contributed by atoms with E-state index in [1.165, 1.54) is 0 Å². The van der Waals surface area contributed by atoms with Crippen molar-refractivity contribution < 1.29 is 9.53 Å². The van der Waals surface area contributed by atoms with Crippen molar-refractivity contribution in [3.8, 4) is 0 Å². The maximum Gasteiger partial charge on any atom is 0.410 e. The van der Waals surface area contributed by atoms with Crippen molar-refractivity contribution in [1.82, 2.24) is 19.9 Å². The molecule has 1 atom stereocenters. The van der Waals surface area contributed by atoms with Crippen molar-refractivity contribution in [3.05, 3.63) is 12.4 Å². The molecule has 6 nitrogen and oxygen atoms in total. The minimum absolute atomic E-state index is 0.164. The summed E-state index contributed by atoms with van der Waals surface area (Å²) in [6, 6.07) is 0.164. The molecule has 1 aliphatic rings. The van der Waals surface area contributed by atoms with Gasteiger partial charge in [0.15, 0.2) is 0 Å². The Morgan fingerprint density at radius 3 is 2.59 bits per heavy atom. The van der Waals surface area contributed by atoms with E-state index in [1.54, 1.807) is 22.1 Å². The van der Waals surface area contributed by atoms with E-state index in [-0.39, 0.29) is 12.1 Å². The quantitative estimate of drug-likeness (QED) is 0.743. The van der Waals surface area contributed by atoms with Gasteiger partial charge in [-0.15, -0.1) is 0 Å². The summed E-state index contributed by atoms with van der Waals surface area (Å²) in [5.41, 5.74) is -0.445. The van der Waals surface area contributed by atoms with E-state index in [0.29, 0.717) is 13.1 Å². The second-order valence-electron chi connectivity index (χ2n) is 5.22. The van der Waals surface area contributed by atoms with E-state index >= 15 is 0 Å². The van der Waals surface area contributed by atoms with Gasteiger partial charge in [0, 0.05) is 13.1 Å². The third kappa shape index (κ3) is 2.95. The molecule has 94 valence electrons. The number of nitrogens with zero attached hydrogens (tertiary/aromatic N) is 4. The van der Waals surface area contributed by atoms with E-state index in [4.69, 9.17) is 4.74 Å². The Kier molecular flexibility index (Phi) is 3.04. The molecule has 0 bridgehead atoms. The zero-order valence-electron chi connectivity index (χ0n) is 10.5. The molecule has 0 aliphatic carbocycles. The Hall–Kier alpha value is -1.59. The summed E-state index contributed by atoms with van der Waals surface area (Å²) < 4.78 is 5.32. The summed E-state index contributed by atoms with van der Waals surface area (Å²) in [7, 11) is 0. The molecule has 0 N–H and O–H groups in total. The lowest BCUT2D eigenvalue weighted by Gasteiger charge is -2.24. The topological polar surface area (TPSA) is 60.2 Å². The molecule has 1 amide bonds. The second kappa shape index (κ2) is 4.35. The number of amides is 1. The lowest BCUT2D eigenvalue weighted by molar-refractivity contribution is 0.0287. The first-order chi connectivity index (χ1) is 7.96. The standard InChI is InChI=1S/C11H18N4O2/c1-11(2,3)17-10(16)14-7-4-9(8-14)15-12-5-6-13-15/h5-6,9H,4,7-8H2,1-3H3. The lowest BCUT2D eigenvalue weighted by Crippen LogP contribution is -2.35. The Morgan fingerprint density at radius 2 is 2.00 bits per heavy atom. The largest absolute Gasteiger partial charge is 0.444 e. The van der Waals surface area contributed by atoms with Crippen molar-refractivity contribution in [2.24, 2.45) is 0 Å². The van der Waals surface area contributed by atoms with Crippen LogP contribution in [0.5, 0.6) is 0 Å². The third-order valence-corrected chi connectivity index (χ3v) is 2.58. The normalized spacial score (nSPS) is 20.6. The zero-order chi connectivity index (χ0) is 12.5. The fraction of sp³-hybridized carbons (Fsp3) is 0.727. The van der Waals surface area contributed by atoms with E-state index in [9.17, 15) is 4.79 Å². The van der Waals surface area contributed by atoms with Gasteiger partial charge in [-0.25, -0.2) is 4.79 Å². The van der Waals surface area contributed by atoms with Gasteiger partial charge < -0.3 is 9.64 Å². The number of ether oxygens (including phenoxy) is 1. The van der Waals surface area contributed by atoms with Crippen molar-refractivity contribution in [2.45, 2.75) is 38.8 Å². The highest BCUT2D eigenvalue weighted by Crippen LogP contribution is 2.21. The minimum atomic E-state index is -0.445. The SMILES string of the molecule is CC(C)(C)OC(=O)N1CCC(n2nccn2)C1. The summed E-state index contributed by atoms with van der Waals surface area (Å²) in [6.45, 7) is 6.92. The first-order valence-corrected chi connectivity index (χ1v) is 5.79. The molecule has 0 radical (unpaired) electrons.